The van der Waals surface area contributed by atoms with Crippen molar-refractivity contribution in [3.63, 3.8) is 0 Å². The van der Waals surface area contributed by atoms with Gasteiger partial charge in [-0.2, -0.15) is 0 Å². The van der Waals surface area contributed by atoms with Crippen LogP contribution in [0.5, 0.6) is 11.5 Å². The minimum absolute atomic E-state index is 0. The first-order valence-electron chi connectivity index (χ1n) is 9.66. The van der Waals surface area contributed by atoms with Gasteiger partial charge in [0, 0.05) is 19.0 Å². The summed E-state index contributed by atoms with van der Waals surface area (Å²) < 4.78 is 10.5. The number of rotatable bonds is 9. The molecule has 1 amide bonds. The van der Waals surface area contributed by atoms with E-state index in [1.54, 1.807) is 14.2 Å². The maximum Gasteiger partial charge on any atom is 0.222 e. The number of nitrogens with zero attached hydrogens (tertiary/aromatic N) is 1. The molecule has 1 aliphatic carbocycles. The average molecular weight is 504 g/mol. The molecule has 0 saturated heterocycles. The molecule has 158 valence electrons. The molecule has 0 aromatic heterocycles. The summed E-state index contributed by atoms with van der Waals surface area (Å²) >= 11 is 0. The number of methoxy groups -OCH3 is 2. The first kappa shape index (κ1) is 24.3. The summed E-state index contributed by atoms with van der Waals surface area (Å²) in [6.07, 6.45) is 7.03. The molecule has 0 radical (unpaired) electrons. The van der Waals surface area contributed by atoms with E-state index in [9.17, 15) is 4.79 Å². The molecule has 1 fully saturated rings. The maximum absolute atomic E-state index is 11.9. The topological polar surface area (TPSA) is 98.0 Å². The molecule has 0 unspecified atom stereocenters. The highest BCUT2D eigenvalue weighted by molar-refractivity contribution is 14.0. The van der Waals surface area contributed by atoms with Crippen LogP contribution in [0.1, 0.15) is 44.1 Å². The van der Waals surface area contributed by atoms with Gasteiger partial charge in [0.25, 0.3) is 0 Å². The van der Waals surface area contributed by atoms with Crippen LogP contribution in [0.2, 0.25) is 0 Å². The van der Waals surface area contributed by atoms with Crippen molar-refractivity contribution in [3.05, 3.63) is 23.8 Å². The Labute approximate surface area is 184 Å². The van der Waals surface area contributed by atoms with E-state index >= 15 is 0 Å². The Morgan fingerprint density at radius 1 is 1.18 bits per heavy atom. The number of nitrogens with one attached hydrogen (secondary N) is 2. The number of amides is 1. The van der Waals surface area contributed by atoms with Crippen LogP contribution in [0.4, 0.5) is 0 Å². The van der Waals surface area contributed by atoms with Crippen LogP contribution in [0.15, 0.2) is 23.2 Å². The van der Waals surface area contributed by atoms with E-state index < -0.39 is 0 Å². The van der Waals surface area contributed by atoms with Crippen molar-refractivity contribution in [3.8, 4) is 11.5 Å². The molecular weight excluding hydrogens is 471 g/mol. The average Bonchev–Trinajstić information content (AvgIpc) is 2.68. The largest absolute Gasteiger partial charge is 0.493 e. The van der Waals surface area contributed by atoms with Crippen LogP contribution in [0.3, 0.4) is 0 Å². The summed E-state index contributed by atoms with van der Waals surface area (Å²) in [6.45, 7) is 1.05. The minimum Gasteiger partial charge on any atom is -0.493 e. The van der Waals surface area contributed by atoms with Gasteiger partial charge in [-0.15, -0.1) is 24.0 Å². The Hall–Kier alpha value is -1.71. The van der Waals surface area contributed by atoms with Crippen LogP contribution in [0.25, 0.3) is 0 Å². The Balaban J connectivity index is 0.00000392. The number of hydrogen-bond donors (Lipinski definition) is 3. The molecule has 1 aromatic carbocycles. The Morgan fingerprint density at radius 3 is 2.57 bits per heavy atom. The van der Waals surface area contributed by atoms with Gasteiger partial charge in [-0.05, 0) is 37.0 Å². The Kier molecular flexibility index (Phi) is 11.7. The minimum atomic E-state index is 0. The summed E-state index contributed by atoms with van der Waals surface area (Å²) in [5.41, 5.74) is 6.98. The first-order valence-corrected chi connectivity index (χ1v) is 9.66. The standard InChI is InChI=1S/C20H32N4O3.HI/c1-26-17-9-8-15(14-18(17)27-2)10-12-22-20(21)23-13-11-19(25)24-16-6-4-3-5-7-16;/h8-9,14,16H,3-7,10-13H2,1-2H3,(H,24,25)(H3,21,22,23);1H. The van der Waals surface area contributed by atoms with Gasteiger partial charge in [-0.1, -0.05) is 25.3 Å². The van der Waals surface area contributed by atoms with Gasteiger partial charge in [0.1, 0.15) is 0 Å². The number of carbonyl (C=O) groups is 1. The van der Waals surface area contributed by atoms with Gasteiger partial charge < -0.3 is 25.8 Å². The van der Waals surface area contributed by atoms with E-state index in [2.05, 4.69) is 15.6 Å². The number of aliphatic imine (C=N–C) groups is 1. The predicted molar refractivity (Wildman–Crippen MR) is 123 cm³/mol. The smallest absolute Gasteiger partial charge is 0.222 e. The van der Waals surface area contributed by atoms with Crippen LogP contribution in [-0.4, -0.2) is 45.2 Å². The maximum atomic E-state index is 11.9. The van der Waals surface area contributed by atoms with E-state index in [0.717, 1.165) is 24.8 Å². The van der Waals surface area contributed by atoms with Gasteiger partial charge in [-0.25, -0.2) is 0 Å². The molecular formula is C20H33IN4O3. The third-order valence-electron chi connectivity index (χ3n) is 4.76. The van der Waals surface area contributed by atoms with Gasteiger partial charge >= 0.3 is 0 Å². The summed E-state index contributed by atoms with van der Waals surface area (Å²) in [5, 5.41) is 6.16. The van der Waals surface area contributed by atoms with Crippen molar-refractivity contribution in [1.82, 2.24) is 10.6 Å². The molecule has 0 atom stereocenters. The third-order valence-corrected chi connectivity index (χ3v) is 4.76. The zero-order chi connectivity index (χ0) is 19.5. The number of benzene rings is 1. The summed E-state index contributed by atoms with van der Waals surface area (Å²) in [6, 6.07) is 6.17. The van der Waals surface area contributed by atoms with Crippen LogP contribution >= 0.6 is 24.0 Å². The van der Waals surface area contributed by atoms with Crippen molar-refractivity contribution in [2.45, 2.75) is 51.0 Å². The summed E-state index contributed by atoms with van der Waals surface area (Å²) in [7, 11) is 3.24. The molecule has 0 bridgehead atoms. The molecule has 28 heavy (non-hydrogen) atoms. The van der Waals surface area contributed by atoms with Gasteiger partial charge in [0.2, 0.25) is 5.91 Å². The number of guanidine groups is 1. The van der Waals surface area contributed by atoms with Crippen LogP contribution in [0, 0.1) is 0 Å². The predicted octanol–water partition coefficient (Wildman–Crippen LogP) is 2.61. The molecule has 0 heterocycles. The second-order valence-corrected chi connectivity index (χ2v) is 6.79. The highest BCUT2D eigenvalue weighted by atomic mass is 127. The van der Waals surface area contributed by atoms with Crippen LogP contribution < -0.4 is 25.8 Å². The molecule has 1 saturated carbocycles. The molecule has 7 nitrogen and oxygen atoms in total. The molecule has 0 aliphatic heterocycles. The zero-order valence-electron chi connectivity index (χ0n) is 16.8. The summed E-state index contributed by atoms with van der Waals surface area (Å²) in [5.74, 6) is 1.84. The van der Waals surface area contributed by atoms with E-state index in [-0.39, 0.29) is 29.9 Å². The fourth-order valence-electron chi connectivity index (χ4n) is 3.25. The van der Waals surface area contributed by atoms with E-state index in [4.69, 9.17) is 15.2 Å². The number of halogens is 1. The normalized spacial score (nSPS) is 14.7. The SMILES string of the molecule is COc1ccc(CCNC(N)=NCCC(=O)NC2CCCCC2)cc1OC.I. The lowest BCUT2D eigenvalue weighted by Crippen LogP contribution is -2.37. The Bertz CT molecular complexity index is 634. The number of carbonyl (C=O) groups excluding carboxylic acids is 1. The second kappa shape index (κ2) is 13.5. The fourth-order valence-corrected chi connectivity index (χ4v) is 3.25. The van der Waals surface area contributed by atoms with Crippen molar-refractivity contribution in [1.29, 1.82) is 0 Å². The zero-order valence-corrected chi connectivity index (χ0v) is 19.2. The van der Waals surface area contributed by atoms with Gasteiger partial charge in [0.05, 0.1) is 20.8 Å². The quantitative estimate of drug-likeness (QED) is 0.273. The number of ether oxygens (including phenoxy) is 2. The molecule has 2 rings (SSSR count). The van der Waals surface area contributed by atoms with Gasteiger partial charge in [-0.3, -0.25) is 9.79 Å². The van der Waals surface area contributed by atoms with E-state index in [1.807, 2.05) is 18.2 Å². The second-order valence-electron chi connectivity index (χ2n) is 6.79. The lowest BCUT2D eigenvalue weighted by Gasteiger charge is -2.22. The molecule has 1 aliphatic rings. The first-order chi connectivity index (χ1) is 13.1. The monoisotopic (exact) mass is 504 g/mol. The lowest BCUT2D eigenvalue weighted by atomic mass is 9.95. The molecule has 4 N–H and O–H groups in total. The van der Waals surface area contributed by atoms with Crippen molar-refractivity contribution >= 4 is 35.8 Å². The molecule has 1 aromatic rings. The highest BCUT2D eigenvalue weighted by Gasteiger charge is 2.15. The van der Waals surface area contributed by atoms with E-state index in [1.165, 1.54) is 19.3 Å². The number of nitrogens with two attached hydrogens (primary N) is 1. The Morgan fingerprint density at radius 2 is 1.89 bits per heavy atom. The van der Waals surface area contributed by atoms with Crippen LogP contribution in [-0.2, 0) is 11.2 Å². The highest BCUT2D eigenvalue weighted by Crippen LogP contribution is 2.27. The van der Waals surface area contributed by atoms with Gasteiger partial charge in [0.15, 0.2) is 17.5 Å². The fraction of sp³-hybridized carbons (Fsp3) is 0.600. The molecule has 8 heteroatoms. The summed E-state index contributed by atoms with van der Waals surface area (Å²) in [4.78, 5) is 16.2. The lowest BCUT2D eigenvalue weighted by molar-refractivity contribution is -0.121. The van der Waals surface area contributed by atoms with Crippen molar-refractivity contribution < 1.29 is 14.3 Å². The van der Waals surface area contributed by atoms with Crippen molar-refractivity contribution in [2.75, 3.05) is 27.3 Å². The number of hydrogen-bond acceptors (Lipinski definition) is 4. The van der Waals surface area contributed by atoms with E-state index in [0.29, 0.717) is 43.0 Å². The molecule has 0 spiro atoms. The van der Waals surface area contributed by atoms with Crippen molar-refractivity contribution in [2.24, 2.45) is 10.7 Å². The third kappa shape index (κ3) is 8.53.